The van der Waals surface area contributed by atoms with Gasteiger partial charge < -0.3 is 9.84 Å². The number of carbonyl (C=O) groups is 1. The molecule has 1 saturated carbocycles. The Morgan fingerprint density at radius 1 is 1.16 bits per heavy atom. The largest absolute Gasteiger partial charge is 0.493 e. The molecule has 1 N–H and O–H groups in total. The van der Waals surface area contributed by atoms with Gasteiger partial charge in [-0.05, 0) is 42.3 Å². The van der Waals surface area contributed by atoms with Crippen molar-refractivity contribution in [1.29, 1.82) is 0 Å². The summed E-state index contributed by atoms with van der Waals surface area (Å²) in [4.78, 5) is 10.7. The van der Waals surface area contributed by atoms with E-state index >= 15 is 0 Å². The summed E-state index contributed by atoms with van der Waals surface area (Å²) in [7, 11) is 0. The fourth-order valence-electron chi connectivity index (χ4n) is 2.59. The van der Waals surface area contributed by atoms with Crippen LogP contribution in [0.3, 0.4) is 0 Å². The van der Waals surface area contributed by atoms with Gasteiger partial charge in [-0.2, -0.15) is 13.2 Å². The second-order valence-electron chi connectivity index (χ2n) is 5.97. The van der Waals surface area contributed by atoms with Crippen LogP contribution in [0.15, 0.2) is 42.5 Å². The summed E-state index contributed by atoms with van der Waals surface area (Å²) < 4.78 is 57.6. The Morgan fingerprint density at radius 3 is 2.40 bits per heavy atom. The third kappa shape index (κ3) is 3.92. The van der Waals surface area contributed by atoms with E-state index in [0.29, 0.717) is 23.8 Å². The Morgan fingerprint density at radius 2 is 1.84 bits per heavy atom. The summed E-state index contributed by atoms with van der Waals surface area (Å²) in [6.07, 6.45) is -3.97. The summed E-state index contributed by atoms with van der Waals surface area (Å²) in [5, 5.41) is 8.82. The molecule has 2 aromatic carbocycles. The van der Waals surface area contributed by atoms with Gasteiger partial charge in [0.2, 0.25) is 0 Å². The van der Waals surface area contributed by atoms with Crippen molar-refractivity contribution in [3.8, 4) is 16.9 Å². The maximum absolute atomic E-state index is 13.9. The highest BCUT2D eigenvalue weighted by molar-refractivity contribution is 5.73. The van der Waals surface area contributed by atoms with Crippen LogP contribution in [0.5, 0.6) is 5.75 Å². The molecule has 0 aliphatic heterocycles. The monoisotopic (exact) mass is 354 g/mol. The molecule has 2 atom stereocenters. The van der Waals surface area contributed by atoms with E-state index in [1.165, 1.54) is 24.3 Å². The van der Waals surface area contributed by atoms with Gasteiger partial charge >= 0.3 is 12.1 Å². The second kappa shape index (κ2) is 6.38. The van der Waals surface area contributed by atoms with Crippen molar-refractivity contribution >= 4 is 5.97 Å². The zero-order chi connectivity index (χ0) is 18.2. The van der Waals surface area contributed by atoms with Gasteiger partial charge in [0.1, 0.15) is 11.6 Å². The van der Waals surface area contributed by atoms with E-state index in [1.54, 1.807) is 0 Å². The molecular weight excluding hydrogens is 340 g/mol. The molecule has 0 saturated heterocycles. The molecule has 0 radical (unpaired) electrons. The Hall–Kier alpha value is -2.57. The van der Waals surface area contributed by atoms with Crippen LogP contribution in [0.2, 0.25) is 0 Å². The molecule has 0 aromatic heterocycles. The van der Waals surface area contributed by atoms with Crippen molar-refractivity contribution in [2.75, 3.05) is 6.61 Å². The fourth-order valence-corrected chi connectivity index (χ4v) is 2.59. The van der Waals surface area contributed by atoms with Crippen molar-refractivity contribution in [2.45, 2.75) is 12.6 Å². The van der Waals surface area contributed by atoms with Crippen LogP contribution in [0.1, 0.15) is 12.0 Å². The van der Waals surface area contributed by atoms with Crippen LogP contribution in [-0.2, 0) is 11.0 Å². The molecule has 7 heteroatoms. The Bertz CT molecular complexity index is 784. The quantitative estimate of drug-likeness (QED) is 0.798. The number of aliphatic carboxylic acids is 1. The van der Waals surface area contributed by atoms with Gasteiger partial charge in [-0.1, -0.05) is 12.1 Å². The minimum absolute atomic E-state index is 0.0295. The van der Waals surface area contributed by atoms with E-state index in [4.69, 9.17) is 9.84 Å². The number of ether oxygens (including phenoxy) is 1. The molecular formula is C18H14F4O3. The van der Waals surface area contributed by atoms with Gasteiger partial charge in [-0.3, -0.25) is 4.79 Å². The van der Waals surface area contributed by atoms with E-state index in [2.05, 4.69) is 0 Å². The van der Waals surface area contributed by atoms with E-state index in [1.807, 2.05) is 0 Å². The third-order valence-electron chi connectivity index (χ3n) is 4.16. The van der Waals surface area contributed by atoms with E-state index in [9.17, 15) is 22.4 Å². The number of carboxylic acids is 1. The maximum atomic E-state index is 13.9. The average Bonchev–Trinajstić information content (AvgIpc) is 3.33. The maximum Gasteiger partial charge on any atom is 0.416 e. The number of carboxylic acid groups (broad SMARTS) is 1. The van der Waals surface area contributed by atoms with Crippen molar-refractivity contribution < 1.29 is 32.2 Å². The molecule has 3 nitrogen and oxygen atoms in total. The first-order chi connectivity index (χ1) is 11.8. The molecule has 25 heavy (non-hydrogen) atoms. The molecule has 0 bridgehead atoms. The summed E-state index contributed by atoms with van der Waals surface area (Å²) >= 11 is 0. The number of rotatable bonds is 5. The summed E-state index contributed by atoms with van der Waals surface area (Å²) in [6, 6.07) is 8.24. The number of halogens is 4. The van der Waals surface area contributed by atoms with Crippen molar-refractivity contribution in [2.24, 2.45) is 11.8 Å². The topological polar surface area (TPSA) is 46.5 Å². The van der Waals surface area contributed by atoms with Crippen LogP contribution in [0.4, 0.5) is 17.6 Å². The predicted octanol–water partition coefficient (Wildman–Crippen LogP) is 4.61. The molecule has 132 valence electrons. The number of alkyl halides is 3. The summed E-state index contributed by atoms with van der Waals surface area (Å²) in [6.45, 7) is 0.258. The first kappa shape index (κ1) is 17.3. The minimum Gasteiger partial charge on any atom is -0.493 e. The molecule has 0 amide bonds. The molecule has 3 rings (SSSR count). The van der Waals surface area contributed by atoms with Gasteiger partial charge in [-0.15, -0.1) is 0 Å². The Balaban J connectivity index is 1.71. The Kier molecular flexibility index (Phi) is 4.41. The first-order valence-corrected chi connectivity index (χ1v) is 7.58. The lowest BCUT2D eigenvalue weighted by molar-refractivity contribution is -0.139. The summed E-state index contributed by atoms with van der Waals surface area (Å²) in [5.74, 6) is -1.54. The van der Waals surface area contributed by atoms with Crippen molar-refractivity contribution in [1.82, 2.24) is 0 Å². The molecule has 0 heterocycles. The minimum atomic E-state index is -4.55. The van der Waals surface area contributed by atoms with Crippen LogP contribution in [0.25, 0.3) is 11.1 Å². The number of hydrogen-bond acceptors (Lipinski definition) is 2. The molecule has 1 fully saturated rings. The van der Waals surface area contributed by atoms with Crippen molar-refractivity contribution in [3.63, 3.8) is 0 Å². The smallest absolute Gasteiger partial charge is 0.416 e. The normalized spacial score (nSPS) is 19.5. The average molecular weight is 354 g/mol. The first-order valence-electron chi connectivity index (χ1n) is 7.58. The highest BCUT2D eigenvalue weighted by Gasteiger charge is 2.43. The van der Waals surface area contributed by atoms with Gasteiger partial charge in [0, 0.05) is 11.5 Å². The lowest BCUT2D eigenvalue weighted by Gasteiger charge is -2.11. The van der Waals surface area contributed by atoms with E-state index in [0.717, 1.165) is 12.1 Å². The van der Waals surface area contributed by atoms with Gasteiger partial charge in [0.15, 0.2) is 0 Å². The summed E-state index contributed by atoms with van der Waals surface area (Å²) in [5.41, 5.74) is -0.766. The van der Waals surface area contributed by atoms with Crippen molar-refractivity contribution in [3.05, 3.63) is 53.8 Å². The van der Waals surface area contributed by atoms with Crippen LogP contribution in [0, 0.1) is 17.7 Å². The van der Waals surface area contributed by atoms with E-state index < -0.39 is 23.5 Å². The van der Waals surface area contributed by atoms with Crippen LogP contribution < -0.4 is 4.74 Å². The van der Waals surface area contributed by atoms with Crippen LogP contribution >= 0.6 is 0 Å². The van der Waals surface area contributed by atoms with Gasteiger partial charge in [0.05, 0.1) is 18.1 Å². The lowest BCUT2D eigenvalue weighted by atomic mass is 10.0. The SMILES string of the molecule is O=C(O)[C@@H]1C[C@H]1COc1ccc(-c2cc(C(F)(F)F)ccc2F)cc1. The molecule has 1 aliphatic carbocycles. The molecule has 1 aliphatic rings. The van der Waals surface area contributed by atoms with Gasteiger partial charge in [0.25, 0.3) is 0 Å². The van der Waals surface area contributed by atoms with Gasteiger partial charge in [-0.25, -0.2) is 4.39 Å². The van der Waals surface area contributed by atoms with Crippen LogP contribution in [-0.4, -0.2) is 17.7 Å². The zero-order valence-corrected chi connectivity index (χ0v) is 12.9. The highest BCUT2D eigenvalue weighted by atomic mass is 19.4. The van der Waals surface area contributed by atoms with E-state index in [-0.39, 0.29) is 24.0 Å². The molecule has 2 aromatic rings. The Labute approximate surface area is 140 Å². The second-order valence-corrected chi connectivity index (χ2v) is 5.97. The standard InChI is InChI=1S/C18H14F4O3/c19-16-6-3-12(18(20,21)22)8-14(16)10-1-4-13(5-2-10)25-9-11-7-15(11)17(23)24/h1-6,8,11,15H,7,9H2,(H,23,24)/t11-,15+/m0/s1. The highest BCUT2D eigenvalue weighted by Crippen LogP contribution is 2.39. The fraction of sp³-hybridized carbons (Fsp3) is 0.278. The zero-order valence-electron chi connectivity index (χ0n) is 12.9. The molecule has 0 spiro atoms. The predicted molar refractivity (Wildman–Crippen MR) is 81.6 cm³/mol. The lowest BCUT2D eigenvalue weighted by Crippen LogP contribution is -2.06. The number of benzene rings is 2. The molecule has 0 unspecified atom stereocenters. The third-order valence-corrected chi connectivity index (χ3v) is 4.16. The number of hydrogen-bond donors (Lipinski definition) is 1.